The normalized spacial score (nSPS) is 20.4. The van der Waals surface area contributed by atoms with Crippen LogP contribution in [0.2, 0.25) is 0 Å². The molecule has 0 saturated heterocycles. The highest BCUT2D eigenvalue weighted by molar-refractivity contribution is 5.81. The zero-order chi connectivity index (χ0) is 12.6. The molecule has 0 heteroatoms. The van der Waals surface area contributed by atoms with E-state index in [1.165, 1.54) is 33.4 Å². The summed E-state index contributed by atoms with van der Waals surface area (Å²) >= 11 is 0. The molecule has 0 nitrogen and oxygen atoms in total. The largest absolute Gasteiger partial charge is 0.0629 e. The first-order valence-corrected chi connectivity index (χ1v) is 6.54. The molecule has 1 unspecified atom stereocenters. The van der Waals surface area contributed by atoms with Crippen LogP contribution in [0.15, 0.2) is 41.0 Å². The molecule has 17 heavy (non-hydrogen) atoms. The Balaban J connectivity index is 2.57. The van der Waals surface area contributed by atoms with Crippen LogP contribution in [-0.4, -0.2) is 0 Å². The fraction of sp³-hybridized carbons (Fsp3) is 0.412. The zero-order valence-electron chi connectivity index (χ0n) is 11.6. The number of hydrogen-bond donors (Lipinski definition) is 0. The van der Waals surface area contributed by atoms with Gasteiger partial charge in [-0.2, -0.15) is 0 Å². The van der Waals surface area contributed by atoms with Gasteiger partial charge in [-0.1, -0.05) is 43.7 Å². The van der Waals surface area contributed by atoms with Crippen molar-refractivity contribution in [2.24, 2.45) is 5.92 Å². The lowest BCUT2D eigenvalue weighted by Gasteiger charge is -2.16. The second kappa shape index (κ2) is 4.52. The number of benzene rings is 1. The van der Waals surface area contributed by atoms with Crippen molar-refractivity contribution in [3.63, 3.8) is 0 Å². The van der Waals surface area contributed by atoms with E-state index in [9.17, 15) is 0 Å². The maximum Gasteiger partial charge on any atom is 0.00316 e. The Morgan fingerprint density at radius 3 is 2.18 bits per heavy atom. The molecule has 0 N–H and O–H groups in total. The lowest BCUT2D eigenvalue weighted by Crippen LogP contribution is -2.00. The van der Waals surface area contributed by atoms with E-state index in [1.54, 1.807) is 0 Å². The van der Waals surface area contributed by atoms with Gasteiger partial charge in [0, 0.05) is 5.92 Å². The Morgan fingerprint density at radius 1 is 1.00 bits per heavy atom. The predicted molar refractivity (Wildman–Crippen MR) is 76.0 cm³/mol. The molecule has 0 radical (unpaired) electrons. The smallest absolute Gasteiger partial charge is 0.00316 e. The molecule has 0 fully saturated rings. The molecule has 0 saturated carbocycles. The van der Waals surface area contributed by atoms with Gasteiger partial charge in [-0.05, 0) is 55.0 Å². The minimum atomic E-state index is 0.572. The lowest BCUT2D eigenvalue weighted by molar-refractivity contribution is 0.891. The molecule has 0 bridgehead atoms. The molecule has 0 aromatic heterocycles. The molecule has 0 amide bonds. The first-order valence-electron chi connectivity index (χ1n) is 6.54. The van der Waals surface area contributed by atoms with Crippen molar-refractivity contribution < 1.29 is 0 Å². The summed E-state index contributed by atoms with van der Waals surface area (Å²) in [5, 5.41) is 0. The van der Waals surface area contributed by atoms with E-state index in [-0.39, 0.29) is 0 Å². The van der Waals surface area contributed by atoms with Crippen LogP contribution in [0, 0.1) is 5.92 Å². The Bertz CT molecular complexity index is 501. The summed E-state index contributed by atoms with van der Waals surface area (Å²) in [7, 11) is 0. The van der Waals surface area contributed by atoms with Crippen LogP contribution in [0.3, 0.4) is 0 Å². The highest BCUT2D eigenvalue weighted by Crippen LogP contribution is 2.43. The second-order valence-electron chi connectivity index (χ2n) is 5.08. The van der Waals surface area contributed by atoms with Crippen molar-refractivity contribution in [1.29, 1.82) is 0 Å². The fourth-order valence-electron chi connectivity index (χ4n) is 2.89. The van der Waals surface area contributed by atoms with E-state index in [0.29, 0.717) is 5.92 Å². The molecule has 0 heterocycles. The number of allylic oxidation sites excluding steroid dienone is 4. The van der Waals surface area contributed by atoms with Gasteiger partial charge in [0.25, 0.3) is 0 Å². The van der Waals surface area contributed by atoms with Gasteiger partial charge in [-0.25, -0.2) is 0 Å². The number of aryl methyl sites for hydroxylation is 1. The van der Waals surface area contributed by atoms with Crippen molar-refractivity contribution >= 4 is 5.57 Å². The minimum absolute atomic E-state index is 0.572. The molecule has 1 atom stereocenters. The first-order chi connectivity index (χ1) is 8.07. The van der Waals surface area contributed by atoms with E-state index < -0.39 is 0 Å². The standard InChI is InChI=1S/C17H22/c1-6-15-9-7-8-10-16(15)17-13(4)11(2)12(3)14(17)5/h7-10,13H,6H2,1-5H3. The van der Waals surface area contributed by atoms with Crippen LogP contribution in [0.5, 0.6) is 0 Å². The van der Waals surface area contributed by atoms with E-state index in [2.05, 4.69) is 58.9 Å². The van der Waals surface area contributed by atoms with Gasteiger partial charge < -0.3 is 0 Å². The Morgan fingerprint density at radius 2 is 1.65 bits per heavy atom. The van der Waals surface area contributed by atoms with Gasteiger partial charge in [0.05, 0.1) is 0 Å². The molecule has 2 rings (SSSR count). The van der Waals surface area contributed by atoms with Gasteiger partial charge >= 0.3 is 0 Å². The molecular formula is C17H22. The van der Waals surface area contributed by atoms with Crippen LogP contribution in [0.4, 0.5) is 0 Å². The quantitative estimate of drug-likeness (QED) is 0.665. The molecule has 0 spiro atoms. The molecule has 90 valence electrons. The van der Waals surface area contributed by atoms with Gasteiger partial charge in [0.1, 0.15) is 0 Å². The maximum absolute atomic E-state index is 2.33. The van der Waals surface area contributed by atoms with Gasteiger partial charge in [-0.3, -0.25) is 0 Å². The summed E-state index contributed by atoms with van der Waals surface area (Å²) in [6.45, 7) is 11.4. The van der Waals surface area contributed by atoms with E-state index >= 15 is 0 Å². The molecule has 1 aliphatic rings. The molecule has 1 aromatic rings. The highest BCUT2D eigenvalue weighted by Gasteiger charge is 2.25. The molecule has 1 aliphatic carbocycles. The number of hydrogen-bond acceptors (Lipinski definition) is 0. The van der Waals surface area contributed by atoms with Crippen molar-refractivity contribution in [1.82, 2.24) is 0 Å². The average molecular weight is 226 g/mol. The van der Waals surface area contributed by atoms with E-state index in [0.717, 1.165) is 6.42 Å². The van der Waals surface area contributed by atoms with Crippen molar-refractivity contribution in [3.8, 4) is 0 Å². The maximum atomic E-state index is 2.33. The zero-order valence-corrected chi connectivity index (χ0v) is 11.6. The number of rotatable bonds is 2. The van der Waals surface area contributed by atoms with Gasteiger partial charge in [0.2, 0.25) is 0 Å². The Labute approximate surface area is 105 Å². The third kappa shape index (κ3) is 1.86. The summed E-state index contributed by atoms with van der Waals surface area (Å²) in [5.74, 6) is 0.572. The Hall–Kier alpha value is -1.30. The van der Waals surface area contributed by atoms with Crippen LogP contribution in [-0.2, 0) is 6.42 Å². The van der Waals surface area contributed by atoms with Gasteiger partial charge in [-0.15, -0.1) is 0 Å². The molecule has 1 aromatic carbocycles. The third-order valence-corrected chi connectivity index (χ3v) is 4.33. The first kappa shape index (κ1) is 12.2. The summed E-state index contributed by atoms with van der Waals surface area (Å²) < 4.78 is 0. The topological polar surface area (TPSA) is 0 Å². The van der Waals surface area contributed by atoms with Crippen molar-refractivity contribution in [2.45, 2.75) is 41.0 Å². The molecular weight excluding hydrogens is 204 g/mol. The third-order valence-electron chi connectivity index (χ3n) is 4.33. The molecule has 0 aliphatic heterocycles. The van der Waals surface area contributed by atoms with Crippen LogP contribution in [0.1, 0.15) is 45.7 Å². The summed E-state index contributed by atoms with van der Waals surface area (Å²) in [4.78, 5) is 0. The monoisotopic (exact) mass is 226 g/mol. The van der Waals surface area contributed by atoms with Crippen LogP contribution >= 0.6 is 0 Å². The van der Waals surface area contributed by atoms with E-state index in [4.69, 9.17) is 0 Å². The van der Waals surface area contributed by atoms with Crippen molar-refractivity contribution in [3.05, 3.63) is 52.1 Å². The van der Waals surface area contributed by atoms with Crippen LogP contribution in [0.25, 0.3) is 5.57 Å². The second-order valence-corrected chi connectivity index (χ2v) is 5.08. The highest BCUT2D eigenvalue weighted by atomic mass is 14.3. The SMILES string of the molecule is CCc1ccccc1C1=C(C)C(C)=C(C)C1C. The van der Waals surface area contributed by atoms with Crippen LogP contribution < -0.4 is 0 Å². The average Bonchev–Trinajstić information content (AvgIpc) is 2.54. The minimum Gasteiger partial charge on any atom is -0.0629 e. The summed E-state index contributed by atoms with van der Waals surface area (Å²) in [5.41, 5.74) is 8.96. The van der Waals surface area contributed by atoms with Gasteiger partial charge in [0.15, 0.2) is 0 Å². The van der Waals surface area contributed by atoms with E-state index in [1.807, 2.05) is 0 Å². The van der Waals surface area contributed by atoms with Crippen molar-refractivity contribution in [2.75, 3.05) is 0 Å². The fourth-order valence-corrected chi connectivity index (χ4v) is 2.89. The Kier molecular flexibility index (Phi) is 3.24. The summed E-state index contributed by atoms with van der Waals surface area (Å²) in [6.07, 6.45) is 1.11. The lowest BCUT2D eigenvalue weighted by atomic mass is 9.88. The predicted octanol–water partition coefficient (Wildman–Crippen LogP) is 5.01. The summed E-state index contributed by atoms with van der Waals surface area (Å²) in [6, 6.07) is 8.83.